The lowest BCUT2D eigenvalue weighted by Gasteiger charge is -2.08. The van der Waals surface area contributed by atoms with E-state index in [1.807, 2.05) is 31.2 Å². The molecule has 0 unspecified atom stereocenters. The lowest BCUT2D eigenvalue weighted by Crippen LogP contribution is -2.28. The maximum absolute atomic E-state index is 13.0. The van der Waals surface area contributed by atoms with Crippen LogP contribution in [-0.4, -0.2) is 23.5 Å². The van der Waals surface area contributed by atoms with Crippen molar-refractivity contribution < 1.29 is 23.1 Å². The van der Waals surface area contributed by atoms with E-state index in [9.17, 15) is 14.0 Å². The molecule has 6 nitrogen and oxygen atoms in total. The normalized spacial score (nSPS) is 10.6. The number of hydrogen-bond acceptors (Lipinski definition) is 5. The number of rotatable bonds is 8. The Kier molecular flexibility index (Phi) is 6.73. The largest absolute Gasteiger partial charge is 0.456 e. The van der Waals surface area contributed by atoms with E-state index < -0.39 is 5.97 Å². The van der Waals surface area contributed by atoms with Gasteiger partial charge in [0.2, 0.25) is 0 Å². The molecule has 0 aliphatic carbocycles. The molecule has 3 aromatic rings. The van der Waals surface area contributed by atoms with Gasteiger partial charge in [0.25, 0.3) is 5.91 Å². The van der Waals surface area contributed by atoms with Crippen LogP contribution in [0.4, 0.5) is 4.39 Å². The van der Waals surface area contributed by atoms with Gasteiger partial charge in [-0.2, -0.15) is 0 Å². The molecule has 1 heterocycles. The molecule has 0 atom stereocenters. The van der Waals surface area contributed by atoms with Gasteiger partial charge in [0.15, 0.2) is 18.3 Å². The highest BCUT2D eigenvalue weighted by Crippen LogP contribution is 2.21. The smallest absolute Gasteiger partial charge is 0.306 e. The zero-order chi connectivity index (χ0) is 20.6. The molecular weight excluding hydrogens is 375 g/mol. The number of nitrogens with zero attached hydrogens (tertiary/aromatic N) is 1. The standard InChI is InChI=1S/C22H21FN2O4/c1-15-4-2-3-5-17(15)12-24-20(26)14-28-22(27)11-10-21-25-13-19(29-21)16-6-8-18(23)9-7-16/h2-9,13H,10-12,14H2,1H3,(H,24,26). The molecule has 1 N–H and O–H groups in total. The first kappa shape index (κ1) is 20.3. The van der Waals surface area contributed by atoms with Crippen LogP contribution in [0.5, 0.6) is 0 Å². The number of esters is 1. The van der Waals surface area contributed by atoms with E-state index in [-0.39, 0.29) is 31.2 Å². The number of ether oxygens (including phenoxy) is 1. The van der Waals surface area contributed by atoms with Crippen molar-refractivity contribution in [3.05, 3.63) is 77.6 Å². The number of hydrogen-bond donors (Lipinski definition) is 1. The summed E-state index contributed by atoms with van der Waals surface area (Å²) in [5.74, 6) is -0.359. The zero-order valence-electron chi connectivity index (χ0n) is 16.0. The minimum absolute atomic E-state index is 0.0362. The van der Waals surface area contributed by atoms with Gasteiger partial charge in [-0.25, -0.2) is 9.37 Å². The van der Waals surface area contributed by atoms with E-state index in [0.29, 0.717) is 23.8 Å². The highest BCUT2D eigenvalue weighted by atomic mass is 19.1. The Morgan fingerprint density at radius 2 is 1.90 bits per heavy atom. The van der Waals surface area contributed by atoms with Crippen LogP contribution < -0.4 is 5.32 Å². The van der Waals surface area contributed by atoms with E-state index in [4.69, 9.17) is 9.15 Å². The van der Waals surface area contributed by atoms with Crippen molar-refractivity contribution in [1.29, 1.82) is 0 Å². The molecule has 0 aliphatic rings. The third-order valence-electron chi connectivity index (χ3n) is 4.33. The van der Waals surface area contributed by atoms with Crippen molar-refractivity contribution in [2.45, 2.75) is 26.3 Å². The van der Waals surface area contributed by atoms with Crippen molar-refractivity contribution in [3.63, 3.8) is 0 Å². The second-order valence-corrected chi connectivity index (χ2v) is 6.49. The van der Waals surface area contributed by atoms with Gasteiger partial charge in [-0.1, -0.05) is 24.3 Å². The summed E-state index contributed by atoms with van der Waals surface area (Å²) in [4.78, 5) is 27.8. The minimum Gasteiger partial charge on any atom is -0.456 e. The SMILES string of the molecule is Cc1ccccc1CNC(=O)COC(=O)CCc1ncc(-c2ccc(F)cc2)o1. The molecule has 0 fully saturated rings. The van der Waals surface area contributed by atoms with Crippen LogP contribution in [0.1, 0.15) is 23.4 Å². The van der Waals surface area contributed by atoms with Crippen LogP contribution in [0.25, 0.3) is 11.3 Å². The molecule has 7 heteroatoms. The summed E-state index contributed by atoms with van der Waals surface area (Å²) < 4.78 is 23.5. The van der Waals surface area contributed by atoms with E-state index in [1.54, 1.807) is 12.1 Å². The number of halogens is 1. The Labute approximate surface area is 167 Å². The van der Waals surface area contributed by atoms with Crippen LogP contribution in [0.15, 0.2) is 59.1 Å². The molecule has 0 bridgehead atoms. The summed E-state index contributed by atoms with van der Waals surface area (Å²) in [7, 11) is 0. The van der Waals surface area contributed by atoms with E-state index in [1.165, 1.54) is 18.3 Å². The van der Waals surface area contributed by atoms with Gasteiger partial charge < -0.3 is 14.5 Å². The first-order valence-corrected chi connectivity index (χ1v) is 9.19. The number of benzene rings is 2. The molecule has 0 radical (unpaired) electrons. The minimum atomic E-state index is -0.516. The van der Waals surface area contributed by atoms with Gasteiger partial charge in [-0.3, -0.25) is 9.59 Å². The third kappa shape index (κ3) is 6.00. The number of aryl methyl sites for hydroxylation is 2. The molecule has 0 aliphatic heterocycles. The van der Waals surface area contributed by atoms with Gasteiger partial charge in [0, 0.05) is 18.5 Å². The number of oxazole rings is 1. The Bertz CT molecular complexity index is 982. The Morgan fingerprint density at radius 1 is 1.14 bits per heavy atom. The number of nitrogens with one attached hydrogen (secondary N) is 1. The van der Waals surface area contributed by atoms with Crippen molar-refractivity contribution in [2.24, 2.45) is 0 Å². The zero-order valence-corrected chi connectivity index (χ0v) is 16.0. The van der Waals surface area contributed by atoms with Crippen molar-refractivity contribution in [1.82, 2.24) is 10.3 Å². The molecule has 1 amide bonds. The molecule has 3 rings (SSSR count). The van der Waals surface area contributed by atoms with Gasteiger partial charge in [0.1, 0.15) is 5.82 Å². The Morgan fingerprint density at radius 3 is 2.66 bits per heavy atom. The first-order chi connectivity index (χ1) is 14.0. The van der Waals surface area contributed by atoms with Crippen LogP contribution >= 0.6 is 0 Å². The van der Waals surface area contributed by atoms with Gasteiger partial charge in [-0.15, -0.1) is 0 Å². The Hall–Kier alpha value is -3.48. The molecule has 0 saturated carbocycles. The summed E-state index contributed by atoms with van der Waals surface area (Å²) in [5.41, 5.74) is 2.78. The maximum atomic E-state index is 13.0. The second-order valence-electron chi connectivity index (χ2n) is 6.49. The molecule has 1 aromatic heterocycles. The summed E-state index contributed by atoms with van der Waals surface area (Å²) in [5, 5.41) is 2.72. The number of carbonyl (C=O) groups excluding carboxylic acids is 2. The van der Waals surface area contributed by atoms with Crippen LogP contribution in [0.2, 0.25) is 0 Å². The summed E-state index contributed by atoms with van der Waals surface area (Å²) >= 11 is 0. The predicted molar refractivity (Wildman–Crippen MR) is 104 cm³/mol. The van der Waals surface area contributed by atoms with Gasteiger partial charge in [0.05, 0.1) is 12.6 Å². The molecule has 0 spiro atoms. The average Bonchev–Trinajstić information content (AvgIpc) is 3.19. The maximum Gasteiger partial charge on any atom is 0.306 e. The quantitative estimate of drug-likeness (QED) is 0.589. The highest BCUT2D eigenvalue weighted by molar-refractivity contribution is 5.80. The highest BCUT2D eigenvalue weighted by Gasteiger charge is 2.12. The van der Waals surface area contributed by atoms with Gasteiger partial charge in [-0.05, 0) is 42.3 Å². The van der Waals surface area contributed by atoms with Crippen molar-refractivity contribution in [3.8, 4) is 11.3 Å². The fourth-order valence-corrected chi connectivity index (χ4v) is 2.65. The predicted octanol–water partition coefficient (Wildman–Crippen LogP) is 3.58. The average molecular weight is 396 g/mol. The summed E-state index contributed by atoms with van der Waals surface area (Å²) in [6.45, 7) is 2.01. The summed E-state index contributed by atoms with van der Waals surface area (Å²) in [6, 6.07) is 13.6. The molecule has 150 valence electrons. The van der Waals surface area contributed by atoms with Crippen molar-refractivity contribution >= 4 is 11.9 Å². The Balaban J connectivity index is 1.39. The number of aromatic nitrogens is 1. The van der Waals surface area contributed by atoms with Crippen LogP contribution in [-0.2, 0) is 27.3 Å². The second kappa shape index (κ2) is 9.64. The number of amides is 1. The number of carbonyl (C=O) groups is 2. The molecule has 29 heavy (non-hydrogen) atoms. The fourth-order valence-electron chi connectivity index (χ4n) is 2.65. The van der Waals surface area contributed by atoms with Crippen LogP contribution in [0.3, 0.4) is 0 Å². The van der Waals surface area contributed by atoms with E-state index >= 15 is 0 Å². The molecule has 0 saturated heterocycles. The van der Waals surface area contributed by atoms with Gasteiger partial charge >= 0.3 is 5.97 Å². The fraction of sp³-hybridized carbons (Fsp3) is 0.227. The third-order valence-corrected chi connectivity index (χ3v) is 4.33. The van der Waals surface area contributed by atoms with Crippen molar-refractivity contribution in [2.75, 3.05) is 6.61 Å². The van der Waals surface area contributed by atoms with E-state index in [0.717, 1.165) is 11.1 Å². The molecular formula is C22H21FN2O4. The van der Waals surface area contributed by atoms with Crippen LogP contribution in [0, 0.1) is 12.7 Å². The lowest BCUT2D eigenvalue weighted by molar-refractivity contribution is -0.148. The lowest BCUT2D eigenvalue weighted by atomic mass is 10.1. The summed E-state index contributed by atoms with van der Waals surface area (Å²) in [6.07, 6.45) is 1.80. The molecule has 2 aromatic carbocycles. The first-order valence-electron chi connectivity index (χ1n) is 9.19. The van der Waals surface area contributed by atoms with E-state index in [2.05, 4.69) is 10.3 Å². The monoisotopic (exact) mass is 396 g/mol. The topological polar surface area (TPSA) is 81.4 Å².